The smallest absolute Gasteiger partial charge is 0.273 e. The van der Waals surface area contributed by atoms with E-state index >= 15 is 0 Å². The van der Waals surface area contributed by atoms with E-state index in [2.05, 4.69) is 20.4 Å². The van der Waals surface area contributed by atoms with E-state index in [4.69, 9.17) is 4.74 Å². The Morgan fingerprint density at radius 2 is 1.97 bits per heavy atom. The van der Waals surface area contributed by atoms with E-state index in [1.807, 2.05) is 12.1 Å². The normalized spacial score (nSPS) is 15.7. The number of halogens is 2. The molecule has 29 heavy (non-hydrogen) atoms. The number of anilines is 1. The summed E-state index contributed by atoms with van der Waals surface area (Å²) in [6, 6.07) is 7.24. The lowest BCUT2D eigenvalue weighted by Gasteiger charge is -2.26. The van der Waals surface area contributed by atoms with Gasteiger partial charge in [-0.15, -0.1) is 35.0 Å². The van der Waals surface area contributed by atoms with Crippen LogP contribution in [0.15, 0.2) is 24.3 Å². The average Bonchev–Trinajstić information content (AvgIpc) is 2.87. The van der Waals surface area contributed by atoms with Gasteiger partial charge in [0, 0.05) is 43.4 Å². The minimum atomic E-state index is -0.307. The molecule has 8 nitrogen and oxygen atoms in total. The highest BCUT2D eigenvalue weighted by molar-refractivity contribution is 5.85. The molecule has 0 bridgehead atoms. The summed E-state index contributed by atoms with van der Waals surface area (Å²) in [4.78, 5) is 13.4. The molecule has 0 atom stereocenters. The number of benzene rings is 1. The topological polar surface area (TPSA) is 93.4 Å². The van der Waals surface area contributed by atoms with Crippen LogP contribution in [0.1, 0.15) is 17.5 Å². The first-order valence-electron chi connectivity index (χ1n) is 9.39. The molecule has 0 spiro atoms. The average molecular weight is 442 g/mol. The zero-order chi connectivity index (χ0) is 18.6. The number of hydrogen-bond acceptors (Lipinski definition) is 7. The van der Waals surface area contributed by atoms with Crippen molar-refractivity contribution >= 4 is 36.3 Å². The Bertz CT molecular complexity index is 847. The maximum atomic E-state index is 11.3. The van der Waals surface area contributed by atoms with Crippen molar-refractivity contribution in [3.05, 3.63) is 45.5 Å². The van der Waals surface area contributed by atoms with E-state index in [1.165, 1.54) is 0 Å². The van der Waals surface area contributed by atoms with Gasteiger partial charge in [-0.1, -0.05) is 12.1 Å². The number of rotatable bonds is 5. The summed E-state index contributed by atoms with van der Waals surface area (Å²) in [6.07, 6.45) is 2.39. The molecule has 1 N–H and O–H groups in total. The Balaban J connectivity index is 0.00000150. The fourth-order valence-electron chi connectivity index (χ4n) is 3.79. The van der Waals surface area contributed by atoms with Gasteiger partial charge in [0.2, 0.25) is 0 Å². The first kappa shape index (κ1) is 23.3. The van der Waals surface area contributed by atoms with Gasteiger partial charge in [0.05, 0.1) is 23.8 Å². The number of aryl methyl sites for hydroxylation is 1. The van der Waals surface area contributed by atoms with Crippen molar-refractivity contribution in [2.75, 3.05) is 44.7 Å². The number of ether oxygens (including phenoxy) is 1. The molecule has 2 heterocycles. The summed E-state index contributed by atoms with van der Waals surface area (Å²) in [7, 11) is 0. The lowest BCUT2D eigenvalue weighted by Crippen LogP contribution is -2.39. The quantitative estimate of drug-likeness (QED) is 0.562. The number of aromatic nitrogens is 2. The molecule has 0 amide bonds. The van der Waals surface area contributed by atoms with E-state index in [0.717, 1.165) is 80.4 Å². The number of fused-ring (bicyclic) bond motifs is 3. The van der Waals surface area contributed by atoms with Gasteiger partial charge in [0.1, 0.15) is 5.82 Å². The fraction of sp³-hybridized carbons (Fsp3) is 0.474. The van der Waals surface area contributed by atoms with E-state index in [0.29, 0.717) is 6.42 Å². The van der Waals surface area contributed by atoms with Crippen molar-refractivity contribution in [2.24, 2.45) is 0 Å². The van der Waals surface area contributed by atoms with Gasteiger partial charge >= 0.3 is 0 Å². The van der Waals surface area contributed by atoms with Crippen LogP contribution in [0.25, 0.3) is 11.3 Å². The first-order valence-corrected chi connectivity index (χ1v) is 9.39. The highest BCUT2D eigenvalue weighted by atomic mass is 35.5. The van der Waals surface area contributed by atoms with Crippen LogP contribution in [0.5, 0.6) is 0 Å². The Hall–Kier alpha value is -2.00. The second-order valence-corrected chi connectivity index (χ2v) is 6.90. The monoisotopic (exact) mass is 441 g/mol. The second kappa shape index (κ2) is 10.7. The molecule has 0 unspecified atom stereocenters. The third-order valence-corrected chi connectivity index (χ3v) is 5.19. The second-order valence-electron chi connectivity index (χ2n) is 6.90. The zero-order valence-electron chi connectivity index (χ0n) is 16.0. The largest absolute Gasteiger partial charge is 0.379 e. The van der Waals surface area contributed by atoms with Crippen molar-refractivity contribution in [3.8, 4) is 11.3 Å². The first-order chi connectivity index (χ1) is 13.2. The van der Waals surface area contributed by atoms with Crippen LogP contribution in [-0.4, -0.2) is 59.4 Å². The standard InChI is InChI=1S/C19H23N5O3.2ClH/c25-24(26)17-6-2-5-16-15(17)4-1-3-14-13-18(21-22-19(14)16)20-7-8-23-9-11-27-12-10-23;;/h2,5-6,13H,1,3-4,7-12H2,(H,20,21);2*1H. The van der Waals surface area contributed by atoms with Crippen molar-refractivity contribution in [3.63, 3.8) is 0 Å². The van der Waals surface area contributed by atoms with Crippen LogP contribution >= 0.6 is 24.8 Å². The lowest BCUT2D eigenvalue weighted by atomic mass is 10.0. The van der Waals surface area contributed by atoms with Gasteiger partial charge in [0.15, 0.2) is 0 Å². The third kappa shape index (κ3) is 5.33. The predicted octanol–water partition coefficient (Wildman–Crippen LogP) is 3.13. The molecular formula is C19H25Cl2N5O3. The van der Waals surface area contributed by atoms with Crippen molar-refractivity contribution < 1.29 is 9.66 Å². The molecule has 1 aliphatic carbocycles. The number of hydrogen-bond donors (Lipinski definition) is 1. The summed E-state index contributed by atoms with van der Waals surface area (Å²) >= 11 is 0. The Labute approximate surface area is 182 Å². The molecule has 10 heteroatoms. The molecule has 1 aliphatic heterocycles. The van der Waals surface area contributed by atoms with Crippen LogP contribution in [-0.2, 0) is 17.6 Å². The van der Waals surface area contributed by atoms with Crippen molar-refractivity contribution in [1.82, 2.24) is 15.1 Å². The van der Waals surface area contributed by atoms with Crippen LogP contribution in [0.3, 0.4) is 0 Å². The lowest BCUT2D eigenvalue weighted by molar-refractivity contribution is -0.385. The van der Waals surface area contributed by atoms with E-state index in [-0.39, 0.29) is 35.4 Å². The van der Waals surface area contributed by atoms with Crippen LogP contribution < -0.4 is 5.32 Å². The van der Waals surface area contributed by atoms with Crippen molar-refractivity contribution in [1.29, 1.82) is 0 Å². The SMILES string of the molecule is Cl.Cl.O=[N+]([O-])c1cccc2c1CCCc1cc(NCCN3CCOCC3)nnc1-2. The minimum Gasteiger partial charge on any atom is -0.379 e. The number of nitrogens with zero attached hydrogens (tertiary/aromatic N) is 4. The molecule has 0 saturated carbocycles. The van der Waals surface area contributed by atoms with Gasteiger partial charge < -0.3 is 10.1 Å². The molecule has 1 aromatic heterocycles. The Morgan fingerprint density at radius 1 is 1.17 bits per heavy atom. The maximum absolute atomic E-state index is 11.3. The maximum Gasteiger partial charge on any atom is 0.273 e. The Kier molecular flexibility index (Phi) is 8.58. The minimum absolute atomic E-state index is 0. The van der Waals surface area contributed by atoms with Crippen LogP contribution in [0, 0.1) is 10.1 Å². The fourth-order valence-corrected chi connectivity index (χ4v) is 3.79. The molecule has 158 valence electrons. The van der Waals surface area contributed by atoms with Crippen LogP contribution in [0.2, 0.25) is 0 Å². The highest BCUT2D eigenvalue weighted by Gasteiger charge is 2.23. The van der Waals surface area contributed by atoms with Crippen molar-refractivity contribution in [2.45, 2.75) is 19.3 Å². The Morgan fingerprint density at radius 3 is 2.72 bits per heavy atom. The van der Waals surface area contributed by atoms with Gasteiger partial charge in [-0.3, -0.25) is 15.0 Å². The summed E-state index contributed by atoms with van der Waals surface area (Å²) in [5.74, 6) is 0.760. The third-order valence-electron chi connectivity index (χ3n) is 5.19. The highest BCUT2D eigenvalue weighted by Crippen LogP contribution is 2.36. The van der Waals surface area contributed by atoms with E-state index in [1.54, 1.807) is 12.1 Å². The molecule has 1 aromatic carbocycles. The molecule has 0 radical (unpaired) electrons. The number of nitrogens with one attached hydrogen (secondary N) is 1. The molecule has 2 aromatic rings. The van der Waals surface area contributed by atoms with Gasteiger partial charge in [-0.25, -0.2) is 0 Å². The number of nitro benzene ring substituents is 1. The summed E-state index contributed by atoms with van der Waals surface area (Å²) < 4.78 is 5.36. The summed E-state index contributed by atoms with van der Waals surface area (Å²) in [6.45, 7) is 5.27. The molecule has 4 rings (SSSR count). The van der Waals surface area contributed by atoms with E-state index < -0.39 is 0 Å². The number of nitro groups is 1. The molecule has 1 saturated heterocycles. The van der Waals surface area contributed by atoms with Gasteiger partial charge in [0.25, 0.3) is 5.69 Å². The van der Waals surface area contributed by atoms with Gasteiger partial charge in [-0.2, -0.15) is 0 Å². The molecule has 2 aliphatic rings. The number of morpholine rings is 1. The van der Waals surface area contributed by atoms with Crippen LogP contribution in [0.4, 0.5) is 11.5 Å². The van der Waals surface area contributed by atoms with Gasteiger partial charge in [-0.05, 0) is 30.9 Å². The predicted molar refractivity (Wildman–Crippen MR) is 116 cm³/mol. The van der Waals surface area contributed by atoms with E-state index in [9.17, 15) is 10.1 Å². The summed E-state index contributed by atoms with van der Waals surface area (Å²) in [5.41, 5.74) is 3.64. The molecule has 1 fully saturated rings. The summed E-state index contributed by atoms with van der Waals surface area (Å²) in [5, 5.41) is 23.4. The zero-order valence-corrected chi connectivity index (χ0v) is 17.6. The molecular weight excluding hydrogens is 417 g/mol.